The zero-order valence-electron chi connectivity index (χ0n) is 9.53. The van der Waals surface area contributed by atoms with Crippen molar-refractivity contribution in [2.45, 2.75) is 19.4 Å². The molecule has 1 aliphatic heterocycles. The Morgan fingerprint density at radius 3 is 3.06 bits per heavy atom. The van der Waals surface area contributed by atoms with Gasteiger partial charge in [0.1, 0.15) is 11.9 Å². The smallest absolute Gasteiger partial charge is 0.221 e. The molecule has 1 saturated heterocycles. The van der Waals surface area contributed by atoms with Gasteiger partial charge >= 0.3 is 0 Å². The lowest BCUT2D eigenvalue weighted by atomic mass is 10.2. The van der Waals surface area contributed by atoms with Crippen LogP contribution in [0.2, 0.25) is 0 Å². The van der Waals surface area contributed by atoms with Crippen molar-refractivity contribution in [3.05, 3.63) is 22.7 Å². The lowest BCUT2D eigenvalue weighted by molar-refractivity contribution is -0.114. The van der Waals surface area contributed by atoms with Crippen LogP contribution in [0.15, 0.2) is 22.7 Å². The van der Waals surface area contributed by atoms with E-state index in [1.54, 1.807) is 0 Å². The standard InChI is InChI=1S/C12H14BrNO3/c1-8(15)14-9-2-3-11(13)12(6-9)17-10-4-5-16-7-10/h2-3,6,10H,4-5,7H2,1H3,(H,14,15). The molecular formula is C12H14BrNO3. The summed E-state index contributed by atoms with van der Waals surface area (Å²) in [6.45, 7) is 2.85. The highest BCUT2D eigenvalue weighted by atomic mass is 79.9. The number of amides is 1. The van der Waals surface area contributed by atoms with E-state index >= 15 is 0 Å². The van der Waals surface area contributed by atoms with E-state index in [9.17, 15) is 4.79 Å². The van der Waals surface area contributed by atoms with Gasteiger partial charge in [0.2, 0.25) is 5.91 Å². The molecule has 0 saturated carbocycles. The zero-order chi connectivity index (χ0) is 12.3. The van der Waals surface area contributed by atoms with E-state index in [0.29, 0.717) is 6.61 Å². The number of carbonyl (C=O) groups excluding carboxylic acids is 1. The summed E-state index contributed by atoms with van der Waals surface area (Å²) in [5.74, 6) is 0.634. The van der Waals surface area contributed by atoms with Crippen LogP contribution in [0, 0.1) is 0 Å². The first-order valence-corrected chi connectivity index (χ1v) is 6.26. The van der Waals surface area contributed by atoms with Crippen LogP contribution in [0.25, 0.3) is 0 Å². The van der Waals surface area contributed by atoms with Gasteiger partial charge in [-0.2, -0.15) is 0 Å². The molecule has 1 heterocycles. The molecule has 1 aromatic rings. The molecule has 0 bridgehead atoms. The molecule has 1 atom stereocenters. The number of hydrogen-bond donors (Lipinski definition) is 1. The molecule has 1 aliphatic rings. The maximum Gasteiger partial charge on any atom is 0.221 e. The number of benzene rings is 1. The van der Waals surface area contributed by atoms with Crippen molar-refractivity contribution in [3.8, 4) is 5.75 Å². The van der Waals surface area contributed by atoms with E-state index in [4.69, 9.17) is 9.47 Å². The summed E-state index contributed by atoms with van der Waals surface area (Å²) in [6, 6.07) is 5.49. The molecule has 5 heteroatoms. The highest BCUT2D eigenvalue weighted by Gasteiger charge is 2.18. The minimum Gasteiger partial charge on any atom is -0.487 e. The molecule has 1 amide bonds. The summed E-state index contributed by atoms with van der Waals surface area (Å²) in [4.78, 5) is 11.0. The molecule has 17 heavy (non-hydrogen) atoms. The summed E-state index contributed by atoms with van der Waals surface area (Å²) in [5.41, 5.74) is 0.731. The predicted molar refractivity (Wildman–Crippen MR) is 68.3 cm³/mol. The van der Waals surface area contributed by atoms with Gasteiger partial charge in [-0.3, -0.25) is 4.79 Å². The molecule has 1 N–H and O–H groups in total. The van der Waals surface area contributed by atoms with Gasteiger partial charge in [0.05, 0.1) is 17.7 Å². The maximum atomic E-state index is 11.0. The number of anilines is 1. The van der Waals surface area contributed by atoms with E-state index in [0.717, 1.165) is 28.9 Å². The second-order valence-corrected chi connectivity index (χ2v) is 4.78. The number of halogens is 1. The number of nitrogens with one attached hydrogen (secondary N) is 1. The highest BCUT2D eigenvalue weighted by Crippen LogP contribution is 2.30. The number of rotatable bonds is 3. The van der Waals surface area contributed by atoms with Gasteiger partial charge < -0.3 is 14.8 Å². The molecule has 0 spiro atoms. The molecule has 4 nitrogen and oxygen atoms in total. The number of hydrogen-bond acceptors (Lipinski definition) is 3. The van der Waals surface area contributed by atoms with E-state index in [-0.39, 0.29) is 12.0 Å². The molecular weight excluding hydrogens is 286 g/mol. The van der Waals surface area contributed by atoms with E-state index in [1.165, 1.54) is 6.92 Å². The predicted octanol–water partition coefficient (Wildman–Crippen LogP) is 2.58. The van der Waals surface area contributed by atoms with Gasteiger partial charge in [-0.05, 0) is 28.1 Å². The van der Waals surface area contributed by atoms with Gasteiger partial charge in [-0.15, -0.1) is 0 Å². The third-order valence-electron chi connectivity index (χ3n) is 2.43. The van der Waals surface area contributed by atoms with Crippen molar-refractivity contribution < 1.29 is 14.3 Å². The molecule has 1 unspecified atom stereocenters. The SMILES string of the molecule is CC(=O)Nc1ccc(Br)c(OC2CCOC2)c1. The van der Waals surface area contributed by atoms with Gasteiger partial charge in [0.15, 0.2) is 0 Å². The van der Waals surface area contributed by atoms with Crippen LogP contribution in [0.4, 0.5) is 5.69 Å². The van der Waals surface area contributed by atoms with Crippen molar-refractivity contribution in [1.29, 1.82) is 0 Å². The summed E-state index contributed by atoms with van der Waals surface area (Å²) >= 11 is 3.43. The first kappa shape index (κ1) is 12.4. The lowest BCUT2D eigenvalue weighted by Crippen LogP contribution is -2.16. The molecule has 0 aliphatic carbocycles. The summed E-state index contributed by atoms with van der Waals surface area (Å²) < 4.78 is 11.9. The van der Waals surface area contributed by atoms with Crippen molar-refractivity contribution in [2.24, 2.45) is 0 Å². The average molecular weight is 300 g/mol. The van der Waals surface area contributed by atoms with Crippen LogP contribution in [0.1, 0.15) is 13.3 Å². The Labute approximate surface area is 108 Å². The number of ether oxygens (including phenoxy) is 2. The van der Waals surface area contributed by atoms with Crippen LogP contribution in [0.3, 0.4) is 0 Å². The van der Waals surface area contributed by atoms with Gasteiger partial charge in [-0.25, -0.2) is 0 Å². The Kier molecular flexibility index (Phi) is 4.02. The van der Waals surface area contributed by atoms with Crippen LogP contribution in [-0.2, 0) is 9.53 Å². The first-order valence-electron chi connectivity index (χ1n) is 5.46. The third-order valence-corrected chi connectivity index (χ3v) is 3.09. The highest BCUT2D eigenvalue weighted by molar-refractivity contribution is 9.10. The second kappa shape index (κ2) is 5.51. The molecule has 0 aromatic heterocycles. The minimum absolute atomic E-state index is 0.0949. The van der Waals surface area contributed by atoms with Crippen molar-refractivity contribution in [3.63, 3.8) is 0 Å². The zero-order valence-corrected chi connectivity index (χ0v) is 11.1. The number of carbonyl (C=O) groups is 1. The van der Waals surface area contributed by atoms with Crippen molar-refractivity contribution in [2.75, 3.05) is 18.5 Å². The summed E-state index contributed by atoms with van der Waals surface area (Å²) in [7, 11) is 0. The maximum absolute atomic E-state index is 11.0. The fraction of sp³-hybridized carbons (Fsp3) is 0.417. The summed E-state index contributed by atoms with van der Waals surface area (Å²) in [5, 5.41) is 2.73. The Morgan fingerprint density at radius 1 is 1.59 bits per heavy atom. The van der Waals surface area contributed by atoms with Gasteiger partial charge in [-0.1, -0.05) is 0 Å². The van der Waals surface area contributed by atoms with E-state index in [1.807, 2.05) is 18.2 Å². The van der Waals surface area contributed by atoms with Crippen LogP contribution in [0.5, 0.6) is 5.75 Å². The fourth-order valence-corrected chi connectivity index (χ4v) is 2.00. The molecule has 1 aromatic carbocycles. The lowest BCUT2D eigenvalue weighted by Gasteiger charge is -2.14. The molecule has 0 radical (unpaired) electrons. The normalized spacial score (nSPS) is 19.1. The Bertz CT molecular complexity index is 416. The second-order valence-electron chi connectivity index (χ2n) is 3.93. The Morgan fingerprint density at radius 2 is 2.41 bits per heavy atom. The molecule has 2 rings (SSSR count). The van der Waals surface area contributed by atoms with Crippen LogP contribution in [-0.4, -0.2) is 25.2 Å². The largest absolute Gasteiger partial charge is 0.487 e. The quantitative estimate of drug-likeness (QED) is 0.933. The fourth-order valence-electron chi connectivity index (χ4n) is 1.66. The van der Waals surface area contributed by atoms with E-state index in [2.05, 4.69) is 21.2 Å². The Hall–Kier alpha value is -1.07. The average Bonchev–Trinajstić information content (AvgIpc) is 2.75. The van der Waals surface area contributed by atoms with Crippen molar-refractivity contribution >= 4 is 27.5 Å². The monoisotopic (exact) mass is 299 g/mol. The summed E-state index contributed by atoms with van der Waals surface area (Å²) in [6.07, 6.45) is 0.996. The van der Waals surface area contributed by atoms with Crippen LogP contribution < -0.4 is 10.1 Å². The Balaban J connectivity index is 2.10. The van der Waals surface area contributed by atoms with Crippen LogP contribution >= 0.6 is 15.9 Å². The third kappa shape index (κ3) is 3.44. The first-order chi connectivity index (χ1) is 8.15. The van der Waals surface area contributed by atoms with Gasteiger partial charge in [0.25, 0.3) is 0 Å². The van der Waals surface area contributed by atoms with Gasteiger partial charge in [0, 0.05) is 25.1 Å². The minimum atomic E-state index is -0.0949. The molecule has 1 fully saturated rings. The van der Waals surface area contributed by atoms with E-state index < -0.39 is 0 Å². The van der Waals surface area contributed by atoms with Crippen molar-refractivity contribution in [1.82, 2.24) is 0 Å². The molecule has 92 valence electrons. The topological polar surface area (TPSA) is 47.6 Å².